The molecule has 1 aliphatic rings. The van der Waals surface area contributed by atoms with Crippen LogP contribution in [0.3, 0.4) is 0 Å². The molecule has 3 aromatic rings. The minimum absolute atomic E-state index is 0.266. The predicted molar refractivity (Wildman–Crippen MR) is 134 cm³/mol. The van der Waals surface area contributed by atoms with E-state index in [0.29, 0.717) is 36.0 Å². The zero-order chi connectivity index (χ0) is 25.7. The van der Waals surface area contributed by atoms with E-state index in [4.69, 9.17) is 9.47 Å². The minimum atomic E-state index is -0.589. The number of nitrogens with one attached hydrogen (secondary N) is 2. The molecule has 0 atom stereocenters. The Hall–Kier alpha value is -4.66. The molecule has 2 N–H and O–H groups in total. The van der Waals surface area contributed by atoms with Gasteiger partial charge in [0.1, 0.15) is 18.0 Å². The Balaban J connectivity index is 1.56. The summed E-state index contributed by atoms with van der Waals surface area (Å²) in [6, 6.07) is 18.2. The number of carbonyl (C=O) groups is 4. The highest BCUT2D eigenvalue weighted by atomic mass is 16.5. The molecule has 0 saturated carbocycles. The Morgan fingerprint density at radius 2 is 1.25 bits per heavy atom. The standard InChI is InChI=1S/C27H25N3O6/c1-3-35-22-15-21(29-25(32)17-10-6-5-7-11-17)23(36-4-2)14-20(22)28-24(31)16-30-26(33)18-12-8-9-13-19(18)27(30)34/h5-15H,3-4,16H2,1-2H3,(H,28,31)(H,29,32). The van der Waals surface area contributed by atoms with Crippen LogP contribution in [0.5, 0.6) is 11.5 Å². The van der Waals surface area contributed by atoms with Crippen molar-refractivity contribution in [2.45, 2.75) is 13.8 Å². The second-order valence-electron chi connectivity index (χ2n) is 7.82. The molecule has 0 radical (unpaired) electrons. The maximum Gasteiger partial charge on any atom is 0.262 e. The average Bonchev–Trinajstić information content (AvgIpc) is 3.12. The van der Waals surface area contributed by atoms with Gasteiger partial charge in [0.05, 0.1) is 35.7 Å². The monoisotopic (exact) mass is 487 g/mol. The Kier molecular flexibility index (Phi) is 7.29. The zero-order valence-corrected chi connectivity index (χ0v) is 19.9. The van der Waals surface area contributed by atoms with E-state index in [1.54, 1.807) is 68.4 Å². The lowest BCUT2D eigenvalue weighted by molar-refractivity contribution is -0.116. The number of imide groups is 1. The number of carbonyl (C=O) groups excluding carboxylic acids is 4. The molecule has 0 fully saturated rings. The number of hydrogen-bond donors (Lipinski definition) is 2. The SMILES string of the molecule is CCOc1cc(NC(=O)c2ccccc2)c(OCC)cc1NC(=O)CN1C(=O)c2ccccc2C1=O. The molecule has 0 aromatic heterocycles. The first-order chi connectivity index (χ1) is 17.4. The van der Waals surface area contributed by atoms with Gasteiger partial charge < -0.3 is 20.1 Å². The maximum absolute atomic E-state index is 12.9. The summed E-state index contributed by atoms with van der Waals surface area (Å²) in [5.74, 6) is -1.36. The molecule has 4 amide bonds. The Morgan fingerprint density at radius 3 is 1.78 bits per heavy atom. The Labute approximate surface area is 208 Å². The van der Waals surface area contributed by atoms with Crippen molar-refractivity contribution in [3.8, 4) is 11.5 Å². The van der Waals surface area contributed by atoms with E-state index >= 15 is 0 Å². The van der Waals surface area contributed by atoms with Crippen LogP contribution in [-0.2, 0) is 4.79 Å². The second kappa shape index (κ2) is 10.7. The summed E-state index contributed by atoms with van der Waals surface area (Å²) in [5, 5.41) is 5.52. The van der Waals surface area contributed by atoms with Crippen molar-refractivity contribution in [2.24, 2.45) is 0 Å². The van der Waals surface area contributed by atoms with Crippen LogP contribution >= 0.6 is 0 Å². The highest BCUT2D eigenvalue weighted by Gasteiger charge is 2.36. The zero-order valence-electron chi connectivity index (χ0n) is 19.9. The first-order valence-corrected chi connectivity index (χ1v) is 11.5. The number of benzene rings is 3. The number of anilines is 2. The van der Waals surface area contributed by atoms with Gasteiger partial charge in [0.2, 0.25) is 5.91 Å². The fourth-order valence-corrected chi connectivity index (χ4v) is 3.81. The van der Waals surface area contributed by atoms with Gasteiger partial charge in [-0.25, -0.2) is 0 Å². The summed E-state index contributed by atoms with van der Waals surface area (Å²) in [5.41, 5.74) is 1.65. The number of amides is 4. The van der Waals surface area contributed by atoms with E-state index in [9.17, 15) is 19.2 Å². The van der Waals surface area contributed by atoms with Gasteiger partial charge in [-0.05, 0) is 38.1 Å². The first kappa shape index (κ1) is 24.5. The molecule has 0 spiro atoms. The van der Waals surface area contributed by atoms with Gasteiger partial charge >= 0.3 is 0 Å². The lowest BCUT2D eigenvalue weighted by atomic mass is 10.1. The van der Waals surface area contributed by atoms with Gasteiger partial charge in [-0.2, -0.15) is 0 Å². The van der Waals surface area contributed by atoms with Crippen LogP contribution in [0.15, 0.2) is 66.7 Å². The van der Waals surface area contributed by atoms with Crippen LogP contribution in [-0.4, -0.2) is 48.3 Å². The van der Waals surface area contributed by atoms with Crippen molar-refractivity contribution in [3.05, 3.63) is 83.4 Å². The van der Waals surface area contributed by atoms with E-state index in [1.807, 2.05) is 6.07 Å². The van der Waals surface area contributed by atoms with E-state index in [1.165, 1.54) is 6.07 Å². The third-order valence-corrected chi connectivity index (χ3v) is 5.42. The van der Waals surface area contributed by atoms with Gasteiger partial charge in [0.25, 0.3) is 17.7 Å². The van der Waals surface area contributed by atoms with Crippen molar-refractivity contribution in [3.63, 3.8) is 0 Å². The second-order valence-corrected chi connectivity index (χ2v) is 7.82. The number of nitrogens with zero attached hydrogens (tertiary/aromatic N) is 1. The first-order valence-electron chi connectivity index (χ1n) is 11.5. The molecule has 0 bridgehead atoms. The highest BCUT2D eigenvalue weighted by Crippen LogP contribution is 2.37. The third kappa shape index (κ3) is 5.05. The molecule has 1 heterocycles. The summed E-state index contributed by atoms with van der Waals surface area (Å²) in [6.07, 6.45) is 0. The number of hydrogen-bond acceptors (Lipinski definition) is 6. The molecule has 184 valence electrons. The summed E-state index contributed by atoms with van der Waals surface area (Å²) in [7, 11) is 0. The Morgan fingerprint density at radius 1 is 0.750 bits per heavy atom. The molecule has 0 unspecified atom stereocenters. The lowest BCUT2D eigenvalue weighted by Gasteiger charge is -2.19. The molecule has 1 aliphatic heterocycles. The largest absolute Gasteiger partial charge is 0.492 e. The third-order valence-electron chi connectivity index (χ3n) is 5.42. The van der Waals surface area contributed by atoms with Crippen molar-refractivity contribution in [1.82, 2.24) is 4.90 Å². The van der Waals surface area contributed by atoms with Crippen LogP contribution in [0.1, 0.15) is 44.9 Å². The van der Waals surface area contributed by atoms with Gasteiger partial charge in [-0.15, -0.1) is 0 Å². The van der Waals surface area contributed by atoms with Gasteiger partial charge in [-0.3, -0.25) is 24.1 Å². The quantitative estimate of drug-likeness (QED) is 0.442. The van der Waals surface area contributed by atoms with E-state index in [2.05, 4.69) is 10.6 Å². The van der Waals surface area contributed by atoms with Gasteiger partial charge in [-0.1, -0.05) is 30.3 Å². The normalized spacial score (nSPS) is 12.2. The molecule has 9 heteroatoms. The van der Waals surface area contributed by atoms with Crippen LogP contribution in [0, 0.1) is 0 Å². The molecule has 4 rings (SSSR count). The fraction of sp³-hybridized carbons (Fsp3) is 0.185. The smallest absolute Gasteiger partial charge is 0.262 e. The van der Waals surface area contributed by atoms with Gasteiger partial charge in [0, 0.05) is 17.7 Å². The summed E-state index contributed by atoms with van der Waals surface area (Å²) in [4.78, 5) is 51.7. The van der Waals surface area contributed by atoms with Crippen molar-refractivity contribution >= 4 is 35.0 Å². The Bertz CT molecular complexity index is 1290. The van der Waals surface area contributed by atoms with Crippen LogP contribution < -0.4 is 20.1 Å². The van der Waals surface area contributed by atoms with Crippen LogP contribution in [0.25, 0.3) is 0 Å². The summed E-state index contributed by atoms with van der Waals surface area (Å²) < 4.78 is 11.4. The van der Waals surface area contributed by atoms with Crippen molar-refractivity contribution in [1.29, 1.82) is 0 Å². The van der Waals surface area contributed by atoms with Crippen LogP contribution in [0.2, 0.25) is 0 Å². The summed E-state index contributed by atoms with van der Waals surface area (Å²) in [6.45, 7) is 3.71. The minimum Gasteiger partial charge on any atom is -0.492 e. The molecular weight excluding hydrogens is 462 g/mol. The van der Waals surface area contributed by atoms with E-state index in [-0.39, 0.29) is 22.7 Å². The maximum atomic E-state index is 12.9. The van der Waals surface area contributed by atoms with Crippen molar-refractivity contribution < 1.29 is 28.7 Å². The molecule has 9 nitrogen and oxygen atoms in total. The summed E-state index contributed by atoms with van der Waals surface area (Å²) >= 11 is 0. The fourth-order valence-electron chi connectivity index (χ4n) is 3.81. The topological polar surface area (TPSA) is 114 Å². The predicted octanol–water partition coefficient (Wildman–Crippen LogP) is 3.97. The number of ether oxygens (including phenoxy) is 2. The van der Waals surface area contributed by atoms with Crippen molar-refractivity contribution in [2.75, 3.05) is 30.4 Å². The molecule has 3 aromatic carbocycles. The number of fused-ring (bicyclic) bond motifs is 1. The van der Waals surface area contributed by atoms with Crippen LogP contribution in [0.4, 0.5) is 11.4 Å². The lowest BCUT2D eigenvalue weighted by Crippen LogP contribution is -2.37. The molecule has 0 aliphatic carbocycles. The number of rotatable bonds is 9. The van der Waals surface area contributed by atoms with E-state index in [0.717, 1.165) is 4.90 Å². The molecule has 0 saturated heterocycles. The molecular formula is C27H25N3O6. The highest BCUT2D eigenvalue weighted by molar-refractivity contribution is 6.22. The van der Waals surface area contributed by atoms with Gasteiger partial charge in [0.15, 0.2) is 0 Å². The average molecular weight is 488 g/mol. The molecule has 36 heavy (non-hydrogen) atoms. The van der Waals surface area contributed by atoms with E-state index < -0.39 is 24.3 Å².